The number of ether oxygens (including phenoxy) is 1. The first kappa shape index (κ1) is 15.2. The van der Waals surface area contributed by atoms with Gasteiger partial charge in [-0.05, 0) is 13.0 Å². The summed E-state index contributed by atoms with van der Waals surface area (Å²) in [6.07, 6.45) is 4.95. The summed E-state index contributed by atoms with van der Waals surface area (Å²) in [4.78, 5) is 33.2. The van der Waals surface area contributed by atoms with Gasteiger partial charge in [-0.15, -0.1) is 6.42 Å². The van der Waals surface area contributed by atoms with E-state index in [1.54, 1.807) is 0 Å². The first-order valence-corrected chi connectivity index (χ1v) is 5.58. The fourth-order valence-electron chi connectivity index (χ4n) is 1.48. The van der Waals surface area contributed by atoms with Crippen LogP contribution in [0.1, 0.15) is 15.9 Å². The van der Waals surface area contributed by atoms with E-state index in [1.807, 2.05) is 0 Å². The molecule has 0 heterocycles. The second kappa shape index (κ2) is 6.89. The summed E-state index contributed by atoms with van der Waals surface area (Å²) in [6, 6.07) is 4.28. The Morgan fingerprint density at radius 2 is 2.20 bits per heavy atom. The number of para-hydroxylation sites is 1. The highest BCUT2D eigenvalue weighted by molar-refractivity contribution is 5.95. The van der Waals surface area contributed by atoms with Gasteiger partial charge >= 0.3 is 5.97 Å². The molecule has 7 nitrogen and oxygen atoms in total. The number of carbonyl (C=O) groups excluding carboxylic acids is 2. The number of nitrogens with zero attached hydrogens (tertiary/aromatic N) is 1. The summed E-state index contributed by atoms with van der Waals surface area (Å²) in [5.41, 5.74) is -0.192. The third-order valence-electron chi connectivity index (χ3n) is 2.36. The number of terminal acetylenes is 1. The van der Waals surface area contributed by atoms with Crippen LogP contribution < -0.4 is 5.32 Å². The van der Waals surface area contributed by atoms with Gasteiger partial charge in [-0.1, -0.05) is 18.1 Å². The van der Waals surface area contributed by atoms with Gasteiger partial charge in [0.2, 0.25) is 0 Å². The van der Waals surface area contributed by atoms with E-state index >= 15 is 0 Å². The van der Waals surface area contributed by atoms with Crippen molar-refractivity contribution in [2.24, 2.45) is 0 Å². The molecule has 1 aromatic carbocycles. The van der Waals surface area contributed by atoms with Gasteiger partial charge in [0.1, 0.15) is 5.56 Å². The molecule has 1 amide bonds. The number of rotatable bonds is 5. The zero-order valence-corrected chi connectivity index (χ0v) is 10.7. The molecule has 1 N–H and O–H groups in total. The van der Waals surface area contributed by atoms with Crippen LogP contribution in [0.4, 0.5) is 5.69 Å². The molecule has 7 heteroatoms. The predicted octanol–water partition coefficient (Wildman–Crippen LogP) is 0.809. The van der Waals surface area contributed by atoms with Gasteiger partial charge in [0.25, 0.3) is 11.6 Å². The lowest BCUT2D eigenvalue weighted by Gasteiger charge is -2.06. The number of nitro groups is 1. The van der Waals surface area contributed by atoms with Crippen LogP contribution in [0.3, 0.4) is 0 Å². The molecule has 0 fully saturated rings. The van der Waals surface area contributed by atoms with Crippen LogP contribution in [0.15, 0.2) is 18.2 Å². The lowest BCUT2D eigenvalue weighted by molar-refractivity contribution is -0.385. The van der Waals surface area contributed by atoms with Crippen molar-refractivity contribution in [1.29, 1.82) is 0 Å². The molecular weight excluding hydrogens is 264 g/mol. The van der Waals surface area contributed by atoms with Gasteiger partial charge in [0, 0.05) is 5.56 Å². The zero-order chi connectivity index (χ0) is 15.1. The summed E-state index contributed by atoms with van der Waals surface area (Å²) in [5, 5.41) is 13.2. The molecule has 0 saturated heterocycles. The van der Waals surface area contributed by atoms with Crippen LogP contribution in [0.2, 0.25) is 0 Å². The summed E-state index contributed by atoms with van der Waals surface area (Å²) >= 11 is 0. The van der Waals surface area contributed by atoms with Crippen molar-refractivity contribution < 1.29 is 19.2 Å². The van der Waals surface area contributed by atoms with Crippen molar-refractivity contribution in [3.63, 3.8) is 0 Å². The molecule has 0 atom stereocenters. The highest BCUT2D eigenvalue weighted by atomic mass is 16.6. The van der Waals surface area contributed by atoms with Gasteiger partial charge in [-0.2, -0.15) is 0 Å². The normalized spacial score (nSPS) is 9.40. The van der Waals surface area contributed by atoms with Gasteiger partial charge in [0.05, 0.1) is 11.5 Å². The smallest absolute Gasteiger partial charge is 0.345 e. The summed E-state index contributed by atoms with van der Waals surface area (Å²) in [7, 11) is 0. The molecule has 0 aliphatic heterocycles. The molecular formula is C13H12N2O5. The molecule has 0 aromatic heterocycles. The minimum Gasteiger partial charge on any atom is -0.452 e. The first-order valence-electron chi connectivity index (χ1n) is 5.58. The Morgan fingerprint density at radius 3 is 2.80 bits per heavy atom. The maximum atomic E-state index is 11.8. The van der Waals surface area contributed by atoms with Crippen LogP contribution in [0, 0.1) is 29.4 Å². The number of nitro benzene ring substituents is 1. The SMILES string of the molecule is C#CCNC(=O)COC(=O)c1cccc(C)c1[N+](=O)[O-]. The van der Waals surface area contributed by atoms with E-state index in [1.165, 1.54) is 25.1 Å². The van der Waals surface area contributed by atoms with Crippen molar-refractivity contribution in [2.75, 3.05) is 13.2 Å². The number of aryl methyl sites for hydroxylation is 1. The quantitative estimate of drug-likeness (QED) is 0.371. The fourth-order valence-corrected chi connectivity index (χ4v) is 1.48. The number of hydrogen-bond donors (Lipinski definition) is 1. The molecule has 1 rings (SSSR count). The first-order chi connectivity index (χ1) is 9.47. The second-order valence-corrected chi connectivity index (χ2v) is 3.79. The third-order valence-corrected chi connectivity index (χ3v) is 2.36. The highest BCUT2D eigenvalue weighted by Gasteiger charge is 2.23. The molecule has 0 aliphatic rings. The summed E-state index contributed by atoms with van der Waals surface area (Å²) in [5.74, 6) is 0.676. The van der Waals surface area contributed by atoms with Gasteiger partial charge in [0.15, 0.2) is 6.61 Å². The van der Waals surface area contributed by atoms with Gasteiger partial charge in [-0.3, -0.25) is 14.9 Å². The van der Waals surface area contributed by atoms with Gasteiger partial charge in [-0.25, -0.2) is 4.79 Å². The zero-order valence-electron chi connectivity index (χ0n) is 10.7. The molecule has 104 valence electrons. The van der Waals surface area contributed by atoms with E-state index in [-0.39, 0.29) is 17.8 Å². The van der Waals surface area contributed by atoms with Crippen LogP contribution in [0.25, 0.3) is 0 Å². The Bertz CT molecular complexity index is 589. The molecule has 0 spiro atoms. The molecule has 0 unspecified atom stereocenters. The number of esters is 1. The van der Waals surface area contributed by atoms with E-state index in [2.05, 4.69) is 11.2 Å². The predicted molar refractivity (Wildman–Crippen MR) is 70.0 cm³/mol. The Balaban J connectivity index is 2.79. The second-order valence-electron chi connectivity index (χ2n) is 3.79. The van der Waals surface area contributed by atoms with E-state index < -0.39 is 23.4 Å². The molecule has 0 bridgehead atoms. The third kappa shape index (κ3) is 3.81. The number of carbonyl (C=O) groups is 2. The summed E-state index contributed by atoms with van der Waals surface area (Å²) in [6.45, 7) is 0.973. The van der Waals surface area contributed by atoms with Crippen molar-refractivity contribution in [3.8, 4) is 12.3 Å². The monoisotopic (exact) mass is 276 g/mol. The molecule has 0 aliphatic carbocycles. The number of amides is 1. The van der Waals surface area contributed by atoms with E-state index in [0.717, 1.165) is 0 Å². The average Bonchev–Trinajstić information content (AvgIpc) is 2.41. The minimum atomic E-state index is -0.934. The van der Waals surface area contributed by atoms with E-state index in [0.29, 0.717) is 5.56 Å². The van der Waals surface area contributed by atoms with E-state index in [9.17, 15) is 19.7 Å². The highest BCUT2D eigenvalue weighted by Crippen LogP contribution is 2.23. The Hall–Kier alpha value is -2.88. The van der Waals surface area contributed by atoms with Gasteiger partial charge < -0.3 is 10.1 Å². The maximum absolute atomic E-state index is 11.8. The van der Waals surface area contributed by atoms with Crippen molar-refractivity contribution in [1.82, 2.24) is 5.32 Å². The standard InChI is InChI=1S/C13H12N2O5/c1-3-7-14-11(16)8-20-13(17)10-6-4-5-9(2)12(10)15(18)19/h1,4-6H,7-8H2,2H3,(H,14,16). The minimum absolute atomic E-state index is 0.0149. The Labute approximate surface area is 115 Å². The lowest BCUT2D eigenvalue weighted by atomic mass is 10.1. The number of hydrogen-bond acceptors (Lipinski definition) is 5. The largest absolute Gasteiger partial charge is 0.452 e. The molecule has 20 heavy (non-hydrogen) atoms. The topological polar surface area (TPSA) is 98.5 Å². The lowest BCUT2D eigenvalue weighted by Crippen LogP contribution is -2.29. The van der Waals surface area contributed by atoms with Crippen LogP contribution in [-0.4, -0.2) is 30.0 Å². The van der Waals surface area contributed by atoms with Crippen LogP contribution >= 0.6 is 0 Å². The Morgan fingerprint density at radius 1 is 1.50 bits per heavy atom. The number of nitrogens with one attached hydrogen (secondary N) is 1. The molecule has 0 saturated carbocycles. The Kier molecular flexibility index (Phi) is 5.23. The summed E-state index contributed by atoms with van der Waals surface area (Å²) < 4.78 is 4.71. The van der Waals surface area contributed by atoms with E-state index in [4.69, 9.17) is 11.2 Å². The van der Waals surface area contributed by atoms with Crippen LogP contribution in [-0.2, 0) is 9.53 Å². The fraction of sp³-hybridized carbons (Fsp3) is 0.231. The van der Waals surface area contributed by atoms with Crippen molar-refractivity contribution >= 4 is 17.6 Å². The average molecular weight is 276 g/mol. The number of benzene rings is 1. The van der Waals surface area contributed by atoms with Crippen LogP contribution in [0.5, 0.6) is 0 Å². The van der Waals surface area contributed by atoms with Crippen molar-refractivity contribution in [2.45, 2.75) is 6.92 Å². The van der Waals surface area contributed by atoms with Crippen molar-refractivity contribution in [3.05, 3.63) is 39.4 Å². The molecule has 1 aromatic rings. The maximum Gasteiger partial charge on any atom is 0.345 e. The molecule has 0 radical (unpaired) electrons.